The molecule has 0 spiro atoms. The van der Waals surface area contributed by atoms with Crippen LogP contribution in [-0.4, -0.2) is 35.4 Å². The lowest BCUT2D eigenvalue weighted by atomic mass is 9.85. The number of piperidine rings is 1. The van der Waals surface area contributed by atoms with E-state index in [-0.39, 0.29) is 11.9 Å². The van der Waals surface area contributed by atoms with E-state index in [0.717, 1.165) is 38.2 Å². The van der Waals surface area contributed by atoms with Crippen LogP contribution >= 0.6 is 0 Å². The van der Waals surface area contributed by atoms with E-state index in [9.17, 15) is 4.79 Å². The van der Waals surface area contributed by atoms with E-state index in [1.54, 1.807) is 0 Å². The molecule has 160 valence electrons. The average Bonchev–Trinajstić information content (AvgIpc) is 2.73. The third kappa shape index (κ3) is 6.27. The molecule has 2 aromatic rings. The molecule has 1 saturated heterocycles. The fourth-order valence-corrected chi connectivity index (χ4v) is 4.03. The minimum Gasteiger partial charge on any atom is -0.347 e. The lowest BCUT2D eigenvalue weighted by Gasteiger charge is -2.37. The first kappa shape index (κ1) is 22.2. The van der Waals surface area contributed by atoms with Crippen LogP contribution in [0.4, 0.5) is 0 Å². The standard InChI is InChI=1S/C26H35N3O/c1-20(18-21-10-6-5-7-11-21)19-29-16-13-22(14-17-29)24(23-12-8-9-15-27-23)28-25(30)26(2,3)4/h5-12,15,18,22,24H,13-14,16-17,19H2,1-4H3,(H,28,30)/b20-18+/t24-/m0/s1. The average molecular weight is 406 g/mol. The maximum Gasteiger partial charge on any atom is 0.225 e. The van der Waals surface area contributed by atoms with Crippen LogP contribution in [0.15, 0.2) is 60.3 Å². The number of hydrogen-bond acceptors (Lipinski definition) is 3. The Morgan fingerprint density at radius 3 is 2.40 bits per heavy atom. The fraction of sp³-hybridized carbons (Fsp3) is 0.462. The summed E-state index contributed by atoms with van der Waals surface area (Å²) in [7, 11) is 0. The molecule has 1 N–H and O–H groups in total. The molecule has 4 nitrogen and oxygen atoms in total. The smallest absolute Gasteiger partial charge is 0.225 e. The number of nitrogens with zero attached hydrogens (tertiary/aromatic N) is 2. The van der Waals surface area contributed by atoms with Crippen molar-refractivity contribution in [1.29, 1.82) is 0 Å². The first-order valence-electron chi connectivity index (χ1n) is 11.0. The Bertz CT molecular complexity index is 832. The fourth-order valence-electron chi connectivity index (χ4n) is 4.03. The topological polar surface area (TPSA) is 45.2 Å². The van der Waals surface area contributed by atoms with E-state index in [0.29, 0.717) is 5.92 Å². The molecule has 1 aromatic carbocycles. The van der Waals surface area contributed by atoms with Crippen molar-refractivity contribution in [2.45, 2.75) is 46.6 Å². The molecule has 1 aliphatic heterocycles. The van der Waals surface area contributed by atoms with Gasteiger partial charge in [0.05, 0.1) is 11.7 Å². The summed E-state index contributed by atoms with van der Waals surface area (Å²) in [6.45, 7) is 11.2. The van der Waals surface area contributed by atoms with Crippen molar-refractivity contribution in [3.8, 4) is 0 Å². The molecule has 3 rings (SSSR count). The first-order valence-corrected chi connectivity index (χ1v) is 11.0. The third-order valence-electron chi connectivity index (χ3n) is 5.76. The van der Waals surface area contributed by atoms with Crippen LogP contribution in [0.2, 0.25) is 0 Å². The molecule has 1 atom stereocenters. The van der Waals surface area contributed by atoms with Gasteiger partial charge in [-0.1, -0.05) is 68.8 Å². The van der Waals surface area contributed by atoms with Gasteiger partial charge in [0.2, 0.25) is 5.91 Å². The number of pyridine rings is 1. The van der Waals surface area contributed by atoms with Crippen LogP contribution in [0.25, 0.3) is 6.08 Å². The lowest BCUT2D eigenvalue weighted by molar-refractivity contribution is -0.129. The largest absolute Gasteiger partial charge is 0.347 e. The van der Waals surface area contributed by atoms with Gasteiger partial charge < -0.3 is 5.32 Å². The molecule has 30 heavy (non-hydrogen) atoms. The molecule has 1 amide bonds. The minimum atomic E-state index is -0.410. The van der Waals surface area contributed by atoms with Gasteiger partial charge in [-0.15, -0.1) is 0 Å². The quantitative estimate of drug-likeness (QED) is 0.727. The van der Waals surface area contributed by atoms with Crippen LogP contribution in [0.1, 0.15) is 57.8 Å². The first-order chi connectivity index (χ1) is 14.3. The van der Waals surface area contributed by atoms with Gasteiger partial charge in [0.15, 0.2) is 0 Å². The molecule has 0 unspecified atom stereocenters. The molecule has 0 aliphatic carbocycles. The van der Waals surface area contributed by atoms with Gasteiger partial charge in [-0.25, -0.2) is 0 Å². The number of likely N-dealkylation sites (tertiary alicyclic amines) is 1. The Morgan fingerprint density at radius 2 is 1.80 bits per heavy atom. The molecule has 1 aromatic heterocycles. The van der Waals surface area contributed by atoms with Crippen molar-refractivity contribution in [2.24, 2.45) is 11.3 Å². The minimum absolute atomic E-state index is 0.0268. The number of carbonyl (C=O) groups is 1. The van der Waals surface area contributed by atoms with Crippen molar-refractivity contribution in [1.82, 2.24) is 15.2 Å². The zero-order valence-electron chi connectivity index (χ0n) is 18.8. The lowest BCUT2D eigenvalue weighted by Crippen LogP contribution is -2.44. The summed E-state index contributed by atoms with van der Waals surface area (Å²) in [6.07, 6.45) is 6.21. The highest BCUT2D eigenvalue weighted by atomic mass is 16.2. The Kier molecular flexibility index (Phi) is 7.43. The highest BCUT2D eigenvalue weighted by Gasteiger charge is 2.32. The Hall–Kier alpha value is -2.46. The second-order valence-electron chi connectivity index (χ2n) is 9.47. The summed E-state index contributed by atoms with van der Waals surface area (Å²) >= 11 is 0. The van der Waals surface area contributed by atoms with Gasteiger partial charge in [-0.3, -0.25) is 14.7 Å². The summed E-state index contributed by atoms with van der Waals surface area (Å²) in [5, 5.41) is 3.30. The summed E-state index contributed by atoms with van der Waals surface area (Å²) in [5.74, 6) is 0.489. The van der Waals surface area contributed by atoms with Gasteiger partial charge in [0, 0.05) is 18.2 Å². The van der Waals surface area contributed by atoms with Gasteiger partial charge in [-0.2, -0.15) is 0 Å². The molecule has 1 aliphatic rings. The Morgan fingerprint density at radius 1 is 1.13 bits per heavy atom. The number of hydrogen-bond donors (Lipinski definition) is 1. The van der Waals surface area contributed by atoms with Crippen LogP contribution in [0, 0.1) is 11.3 Å². The van der Waals surface area contributed by atoms with Crippen LogP contribution in [0.3, 0.4) is 0 Å². The zero-order chi connectivity index (χ0) is 21.6. The van der Waals surface area contributed by atoms with Crippen LogP contribution < -0.4 is 5.32 Å². The van der Waals surface area contributed by atoms with Gasteiger partial charge in [0.1, 0.15) is 0 Å². The van der Waals surface area contributed by atoms with Crippen molar-refractivity contribution in [3.05, 3.63) is 71.6 Å². The number of benzene rings is 1. The summed E-state index contributed by atoms with van der Waals surface area (Å²) in [6, 6.07) is 16.4. The number of rotatable bonds is 6. The van der Waals surface area contributed by atoms with E-state index in [1.165, 1.54) is 11.1 Å². The van der Waals surface area contributed by atoms with Gasteiger partial charge in [-0.05, 0) is 56.5 Å². The predicted molar refractivity (Wildman–Crippen MR) is 124 cm³/mol. The van der Waals surface area contributed by atoms with Crippen LogP contribution in [0.5, 0.6) is 0 Å². The molecule has 1 fully saturated rings. The van der Waals surface area contributed by atoms with Crippen molar-refractivity contribution < 1.29 is 4.79 Å². The van der Waals surface area contributed by atoms with E-state index < -0.39 is 5.41 Å². The van der Waals surface area contributed by atoms with E-state index in [4.69, 9.17) is 0 Å². The van der Waals surface area contributed by atoms with Crippen molar-refractivity contribution in [2.75, 3.05) is 19.6 Å². The summed E-state index contributed by atoms with van der Waals surface area (Å²) < 4.78 is 0. The van der Waals surface area contributed by atoms with Crippen molar-refractivity contribution in [3.63, 3.8) is 0 Å². The second-order valence-corrected chi connectivity index (χ2v) is 9.47. The Balaban J connectivity index is 1.63. The summed E-state index contributed by atoms with van der Waals surface area (Å²) in [5.41, 5.74) is 3.19. The molecular formula is C26H35N3O. The maximum absolute atomic E-state index is 12.7. The normalized spacial score (nSPS) is 17.5. The summed E-state index contributed by atoms with van der Waals surface area (Å²) in [4.78, 5) is 19.8. The molecule has 4 heteroatoms. The van der Waals surface area contributed by atoms with E-state index >= 15 is 0 Å². The zero-order valence-corrected chi connectivity index (χ0v) is 18.8. The molecule has 0 radical (unpaired) electrons. The molecule has 0 bridgehead atoms. The van der Waals surface area contributed by atoms with Gasteiger partial charge in [0.25, 0.3) is 0 Å². The highest BCUT2D eigenvalue weighted by Crippen LogP contribution is 2.31. The highest BCUT2D eigenvalue weighted by molar-refractivity contribution is 5.81. The SMILES string of the molecule is C/C(=C\c1ccccc1)CN1CCC([C@H](NC(=O)C(C)(C)C)c2ccccn2)CC1. The molecular weight excluding hydrogens is 370 g/mol. The van der Waals surface area contributed by atoms with Crippen molar-refractivity contribution >= 4 is 12.0 Å². The second kappa shape index (κ2) is 10.0. The van der Waals surface area contributed by atoms with E-state index in [2.05, 4.69) is 52.5 Å². The van der Waals surface area contributed by atoms with Crippen LogP contribution in [-0.2, 0) is 4.79 Å². The maximum atomic E-state index is 12.7. The number of nitrogens with one attached hydrogen (secondary N) is 1. The predicted octanol–water partition coefficient (Wildman–Crippen LogP) is 5.10. The number of carbonyl (C=O) groups excluding carboxylic acids is 1. The number of amides is 1. The monoisotopic (exact) mass is 405 g/mol. The Labute approximate surface area is 181 Å². The molecule has 2 heterocycles. The molecule has 0 saturated carbocycles. The number of aromatic nitrogens is 1. The third-order valence-corrected chi connectivity index (χ3v) is 5.76. The van der Waals surface area contributed by atoms with Gasteiger partial charge >= 0.3 is 0 Å². The van der Waals surface area contributed by atoms with E-state index in [1.807, 2.05) is 51.2 Å².